The van der Waals surface area contributed by atoms with Crippen molar-refractivity contribution in [2.24, 2.45) is 0 Å². The maximum atomic E-state index is 2.33. The zero-order valence-corrected chi connectivity index (χ0v) is 28.6. The lowest BCUT2D eigenvalue weighted by Crippen LogP contribution is -1.92. The molecular weight excluding hydrogens is 625 g/mol. The SMILES string of the molecule is C(=Cc1ccc(-c2c3ccccc3c(-c3cccc4ccccc34)c3ccccc23)c2ccccc12)c1ccc(-c2ccc3ccccc3c2)cc1. The number of rotatable bonds is 5. The van der Waals surface area contributed by atoms with Crippen LogP contribution >= 0.6 is 0 Å². The van der Waals surface area contributed by atoms with E-state index >= 15 is 0 Å². The summed E-state index contributed by atoms with van der Waals surface area (Å²) in [5.74, 6) is 0. The molecule has 0 aromatic heterocycles. The molecule has 0 N–H and O–H groups in total. The van der Waals surface area contributed by atoms with Gasteiger partial charge in [0.25, 0.3) is 0 Å². The van der Waals surface area contributed by atoms with E-state index in [0.29, 0.717) is 0 Å². The summed E-state index contributed by atoms with van der Waals surface area (Å²) >= 11 is 0. The highest BCUT2D eigenvalue weighted by Gasteiger charge is 2.19. The van der Waals surface area contributed by atoms with Crippen molar-refractivity contribution in [3.05, 3.63) is 205 Å². The minimum atomic E-state index is 1.18. The molecule has 0 saturated heterocycles. The Balaban J connectivity index is 1.09. The third-order valence-electron chi connectivity index (χ3n) is 10.7. The van der Waals surface area contributed by atoms with Crippen LogP contribution in [-0.4, -0.2) is 0 Å². The second-order valence-corrected chi connectivity index (χ2v) is 13.6. The Kier molecular flexibility index (Phi) is 7.25. The molecule has 0 unspecified atom stereocenters. The Morgan fingerprint density at radius 1 is 0.269 bits per heavy atom. The van der Waals surface area contributed by atoms with Gasteiger partial charge in [-0.2, -0.15) is 0 Å². The van der Waals surface area contributed by atoms with Gasteiger partial charge in [0.15, 0.2) is 0 Å². The van der Waals surface area contributed by atoms with Crippen molar-refractivity contribution < 1.29 is 0 Å². The van der Waals surface area contributed by atoms with E-state index in [1.807, 2.05) is 0 Å². The molecule has 0 radical (unpaired) electrons. The number of fused-ring (bicyclic) bond motifs is 5. The van der Waals surface area contributed by atoms with Crippen molar-refractivity contribution in [3.8, 4) is 33.4 Å². The van der Waals surface area contributed by atoms with Crippen LogP contribution in [0, 0.1) is 0 Å². The van der Waals surface area contributed by atoms with Crippen molar-refractivity contribution in [2.75, 3.05) is 0 Å². The molecule has 0 aliphatic rings. The van der Waals surface area contributed by atoms with Gasteiger partial charge in [0.1, 0.15) is 0 Å². The fourth-order valence-corrected chi connectivity index (χ4v) is 8.18. The van der Waals surface area contributed by atoms with Crippen molar-refractivity contribution in [3.63, 3.8) is 0 Å². The summed E-state index contributed by atoms with van der Waals surface area (Å²) in [6.45, 7) is 0. The van der Waals surface area contributed by atoms with Crippen LogP contribution in [0.5, 0.6) is 0 Å². The molecule has 0 amide bonds. The first kappa shape index (κ1) is 30.1. The highest BCUT2D eigenvalue weighted by molar-refractivity contribution is 6.25. The predicted octanol–water partition coefficient (Wildman–Crippen LogP) is 14.6. The molecule has 10 aromatic rings. The van der Waals surface area contributed by atoms with Crippen LogP contribution in [0.3, 0.4) is 0 Å². The molecule has 0 aliphatic carbocycles. The van der Waals surface area contributed by atoms with E-state index in [2.05, 4.69) is 206 Å². The number of benzene rings is 10. The third kappa shape index (κ3) is 5.08. The van der Waals surface area contributed by atoms with Crippen LogP contribution in [0.4, 0.5) is 0 Å². The molecule has 0 fully saturated rings. The molecule has 0 heteroatoms. The summed E-state index contributed by atoms with van der Waals surface area (Å²) in [6, 6.07) is 70.9. The van der Waals surface area contributed by atoms with E-state index in [9.17, 15) is 0 Å². The Bertz CT molecular complexity index is 2930. The number of hydrogen-bond acceptors (Lipinski definition) is 0. The first-order valence-corrected chi connectivity index (χ1v) is 18.0. The summed E-state index contributed by atoms with van der Waals surface area (Å²) in [5.41, 5.74) is 9.95. The summed E-state index contributed by atoms with van der Waals surface area (Å²) in [6.07, 6.45) is 4.49. The van der Waals surface area contributed by atoms with Gasteiger partial charge in [-0.1, -0.05) is 200 Å². The van der Waals surface area contributed by atoms with E-state index in [0.717, 1.165) is 0 Å². The lowest BCUT2D eigenvalue weighted by atomic mass is 9.83. The summed E-state index contributed by atoms with van der Waals surface area (Å²) in [5, 5.41) is 12.6. The molecule has 52 heavy (non-hydrogen) atoms. The van der Waals surface area contributed by atoms with E-state index < -0.39 is 0 Å². The molecule has 0 heterocycles. The first-order chi connectivity index (χ1) is 25.8. The minimum absolute atomic E-state index is 1.18. The van der Waals surface area contributed by atoms with Gasteiger partial charge in [0, 0.05) is 0 Å². The Morgan fingerprint density at radius 3 is 1.44 bits per heavy atom. The van der Waals surface area contributed by atoms with E-state index in [1.165, 1.54) is 98.4 Å². The fraction of sp³-hybridized carbons (Fsp3) is 0. The van der Waals surface area contributed by atoms with Crippen molar-refractivity contribution in [1.29, 1.82) is 0 Å². The molecule has 242 valence electrons. The van der Waals surface area contributed by atoms with Crippen LogP contribution in [0.1, 0.15) is 11.1 Å². The lowest BCUT2D eigenvalue weighted by molar-refractivity contribution is 1.62. The Morgan fingerprint density at radius 2 is 0.769 bits per heavy atom. The summed E-state index contributed by atoms with van der Waals surface area (Å²) < 4.78 is 0. The second-order valence-electron chi connectivity index (χ2n) is 13.6. The molecule has 0 saturated carbocycles. The largest absolute Gasteiger partial charge is 0.0616 e. The average Bonchev–Trinajstić information content (AvgIpc) is 3.22. The highest BCUT2D eigenvalue weighted by Crippen LogP contribution is 2.46. The van der Waals surface area contributed by atoms with Gasteiger partial charge < -0.3 is 0 Å². The van der Waals surface area contributed by atoms with Crippen LogP contribution in [0.25, 0.3) is 99.4 Å². The fourth-order valence-electron chi connectivity index (χ4n) is 8.18. The Hall–Kier alpha value is -6.76. The quantitative estimate of drug-likeness (QED) is 0.128. The van der Waals surface area contributed by atoms with Crippen LogP contribution < -0.4 is 0 Å². The van der Waals surface area contributed by atoms with Crippen LogP contribution in [0.2, 0.25) is 0 Å². The van der Waals surface area contributed by atoms with Crippen molar-refractivity contribution in [2.45, 2.75) is 0 Å². The molecule has 0 aliphatic heterocycles. The van der Waals surface area contributed by atoms with Gasteiger partial charge in [-0.25, -0.2) is 0 Å². The van der Waals surface area contributed by atoms with Crippen LogP contribution in [0.15, 0.2) is 194 Å². The van der Waals surface area contributed by atoms with Gasteiger partial charge in [-0.3, -0.25) is 0 Å². The maximum absolute atomic E-state index is 2.33. The van der Waals surface area contributed by atoms with Gasteiger partial charge >= 0.3 is 0 Å². The van der Waals surface area contributed by atoms with Gasteiger partial charge in [0.2, 0.25) is 0 Å². The first-order valence-electron chi connectivity index (χ1n) is 18.0. The Labute approximate surface area is 303 Å². The predicted molar refractivity (Wildman–Crippen MR) is 226 cm³/mol. The van der Waals surface area contributed by atoms with Crippen molar-refractivity contribution in [1.82, 2.24) is 0 Å². The molecular formula is C52H34. The monoisotopic (exact) mass is 658 g/mol. The normalized spacial score (nSPS) is 11.8. The van der Waals surface area contributed by atoms with Gasteiger partial charge in [-0.05, 0) is 104 Å². The van der Waals surface area contributed by atoms with Crippen molar-refractivity contribution >= 4 is 66.0 Å². The lowest BCUT2D eigenvalue weighted by Gasteiger charge is -2.20. The smallest absolute Gasteiger partial charge is 0.00201 e. The van der Waals surface area contributed by atoms with Gasteiger partial charge in [-0.15, -0.1) is 0 Å². The molecule has 0 spiro atoms. The van der Waals surface area contributed by atoms with E-state index in [1.54, 1.807) is 0 Å². The minimum Gasteiger partial charge on any atom is -0.0616 e. The molecule has 10 aromatic carbocycles. The zero-order chi connectivity index (χ0) is 34.4. The second kappa shape index (κ2) is 12.5. The zero-order valence-electron chi connectivity index (χ0n) is 28.6. The average molecular weight is 659 g/mol. The summed E-state index contributed by atoms with van der Waals surface area (Å²) in [4.78, 5) is 0. The summed E-state index contributed by atoms with van der Waals surface area (Å²) in [7, 11) is 0. The topological polar surface area (TPSA) is 0 Å². The molecule has 0 atom stereocenters. The standard InChI is InChI=1S/C52H34/c1-2-14-40-34-41(31-30-36(40)12-1)37-27-24-35(25-28-37)26-29-39-32-33-50(44-18-6-5-16-42(39)44)52-48-21-9-7-19-46(48)51(47-20-8-10-22-49(47)52)45-23-11-15-38-13-3-4-17-43(38)45/h1-34H. The molecule has 10 rings (SSSR count). The van der Waals surface area contributed by atoms with Crippen LogP contribution in [-0.2, 0) is 0 Å². The maximum Gasteiger partial charge on any atom is -0.00201 e. The highest BCUT2D eigenvalue weighted by atomic mass is 14.2. The van der Waals surface area contributed by atoms with E-state index in [4.69, 9.17) is 0 Å². The third-order valence-corrected chi connectivity index (χ3v) is 10.7. The molecule has 0 bridgehead atoms. The van der Waals surface area contributed by atoms with Gasteiger partial charge in [0.05, 0.1) is 0 Å². The molecule has 0 nitrogen and oxygen atoms in total. The number of hydrogen-bond donors (Lipinski definition) is 0. The van der Waals surface area contributed by atoms with E-state index in [-0.39, 0.29) is 0 Å².